The summed E-state index contributed by atoms with van der Waals surface area (Å²) in [4.78, 5) is 0. The van der Waals surface area contributed by atoms with Crippen molar-refractivity contribution in [2.45, 2.75) is 33.7 Å². The van der Waals surface area contributed by atoms with Crippen molar-refractivity contribution in [3.8, 4) is 0 Å². The maximum absolute atomic E-state index is 3.51. The summed E-state index contributed by atoms with van der Waals surface area (Å²) in [6, 6.07) is 6.36. The first-order valence-electron chi connectivity index (χ1n) is 5.53. The van der Waals surface area contributed by atoms with Crippen LogP contribution in [0.5, 0.6) is 0 Å². The summed E-state index contributed by atoms with van der Waals surface area (Å²) in [5.74, 6) is 0. The molecule has 90 valence electrons. The molecule has 0 aliphatic heterocycles. The average Bonchev–Trinajstić information content (AvgIpc) is 2.17. The van der Waals surface area contributed by atoms with E-state index in [-0.39, 0.29) is 0 Å². The maximum Gasteiger partial charge on any atom is 0.0320 e. The molecular weight excluding hydrogens is 330 g/mol. The van der Waals surface area contributed by atoms with Gasteiger partial charge in [-0.25, -0.2) is 0 Å². The van der Waals surface area contributed by atoms with Gasteiger partial charge in [-0.1, -0.05) is 26.8 Å². The van der Waals surface area contributed by atoms with Crippen molar-refractivity contribution >= 4 is 31.9 Å². The molecule has 0 aliphatic rings. The zero-order valence-electron chi connectivity index (χ0n) is 10.1. The van der Waals surface area contributed by atoms with Crippen molar-refractivity contribution in [1.82, 2.24) is 5.32 Å². The molecule has 0 saturated heterocycles. The minimum atomic E-state index is 0.410. The lowest BCUT2D eigenvalue weighted by molar-refractivity contribution is 0.366. The van der Waals surface area contributed by atoms with Gasteiger partial charge in [-0.15, -0.1) is 0 Å². The largest absolute Gasteiger partial charge is 0.313 e. The lowest BCUT2D eigenvalue weighted by Crippen LogP contribution is -2.20. The van der Waals surface area contributed by atoms with Crippen LogP contribution in [-0.2, 0) is 6.54 Å². The van der Waals surface area contributed by atoms with Crippen molar-refractivity contribution < 1.29 is 0 Å². The van der Waals surface area contributed by atoms with Crippen LogP contribution in [0.4, 0.5) is 0 Å². The minimum Gasteiger partial charge on any atom is -0.313 e. The van der Waals surface area contributed by atoms with Crippen molar-refractivity contribution in [2.75, 3.05) is 6.54 Å². The van der Waals surface area contributed by atoms with Crippen LogP contribution in [0, 0.1) is 5.41 Å². The fourth-order valence-corrected chi connectivity index (χ4v) is 2.02. The second-order valence-corrected chi connectivity index (χ2v) is 6.94. The van der Waals surface area contributed by atoms with E-state index in [1.807, 2.05) is 0 Å². The number of rotatable bonds is 4. The van der Waals surface area contributed by atoms with E-state index < -0.39 is 0 Å². The molecule has 0 radical (unpaired) electrons. The smallest absolute Gasteiger partial charge is 0.0320 e. The monoisotopic (exact) mass is 347 g/mol. The third-order valence-corrected chi connectivity index (χ3v) is 4.24. The topological polar surface area (TPSA) is 12.0 Å². The molecule has 1 aromatic rings. The van der Waals surface area contributed by atoms with Crippen LogP contribution >= 0.6 is 31.9 Å². The van der Waals surface area contributed by atoms with E-state index >= 15 is 0 Å². The fraction of sp³-hybridized carbons (Fsp3) is 0.538. The third kappa shape index (κ3) is 5.46. The quantitative estimate of drug-likeness (QED) is 0.775. The Kier molecular flexibility index (Phi) is 5.48. The Balaban J connectivity index is 2.35. The van der Waals surface area contributed by atoms with Crippen molar-refractivity contribution in [3.05, 3.63) is 32.7 Å². The number of benzene rings is 1. The van der Waals surface area contributed by atoms with Gasteiger partial charge in [0.25, 0.3) is 0 Å². The summed E-state index contributed by atoms with van der Waals surface area (Å²) in [5, 5.41) is 3.47. The zero-order valence-corrected chi connectivity index (χ0v) is 13.3. The molecule has 0 amide bonds. The number of nitrogens with one attached hydrogen (secondary N) is 1. The first kappa shape index (κ1) is 14.2. The zero-order chi connectivity index (χ0) is 12.2. The highest BCUT2D eigenvalue weighted by Crippen LogP contribution is 2.23. The average molecular weight is 349 g/mol. The summed E-state index contributed by atoms with van der Waals surface area (Å²) < 4.78 is 2.22. The first-order valence-corrected chi connectivity index (χ1v) is 7.12. The Morgan fingerprint density at radius 3 is 2.38 bits per heavy atom. The van der Waals surface area contributed by atoms with Crippen LogP contribution in [0.25, 0.3) is 0 Å². The first-order chi connectivity index (χ1) is 7.38. The molecule has 1 nitrogen and oxygen atoms in total. The predicted molar refractivity (Wildman–Crippen MR) is 77.6 cm³/mol. The summed E-state index contributed by atoms with van der Waals surface area (Å²) in [5.41, 5.74) is 1.72. The van der Waals surface area contributed by atoms with Crippen LogP contribution in [0.3, 0.4) is 0 Å². The lowest BCUT2D eigenvalue weighted by Gasteiger charge is -2.18. The molecule has 0 fully saturated rings. The standard InChI is InChI=1S/C13H19Br2N/c1-13(2,3)6-7-16-9-10-4-5-11(14)12(15)8-10/h4-5,8,16H,6-7,9H2,1-3H3. The molecular formula is C13H19Br2N. The van der Waals surface area contributed by atoms with E-state index in [1.165, 1.54) is 12.0 Å². The highest BCUT2D eigenvalue weighted by atomic mass is 79.9. The molecule has 1 rings (SSSR count). The Labute approximate surface area is 115 Å². The van der Waals surface area contributed by atoms with E-state index in [1.54, 1.807) is 0 Å². The lowest BCUT2D eigenvalue weighted by atomic mass is 9.92. The molecule has 3 heteroatoms. The van der Waals surface area contributed by atoms with Gasteiger partial charge in [0.2, 0.25) is 0 Å². The van der Waals surface area contributed by atoms with Gasteiger partial charge in [-0.05, 0) is 67.9 Å². The Hall–Kier alpha value is 0.140. The Bertz CT molecular complexity index is 342. The maximum atomic E-state index is 3.51. The number of hydrogen-bond acceptors (Lipinski definition) is 1. The summed E-state index contributed by atoms with van der Waals surface area (Å²) in [6.07, 6.45) is 1.20. The van der Waals surface area contributed by atoms with E-state index in [0.29, 0.717) is 5.41 Å². The molecule has 1 N–H and O–H groups in total. The van der Waals surface area contributed by atoms with Gasteiger partial charge in [0.15, 0.2) is 0 Å². The molecule has 0 spiro atoms. The van der Waals surface area contributed by atoms with Gasteiger partial charge in [0, 0.05) is 15.5 Å². The fourth-order valence-electron chi connectivity index (χ4n) is 1.35. The van der Waals surface area contributed by atoms with E-state index in [2.05, 4.69) is 76.1 Å². The molecule has 16 heavy (non-hydrogen) atoms. The van der Waals surface area contributed by atoms with Crippen LogP contribution in [0.1, 0.15) is 32.8 Å². The van der Waals surface area contributed by atoms with Crippen LogP contribution in [0.2, 0.25) is 0 Å². The summed E-state index contributed by atoms with van der Waals surface area (Å²) >= 11 is 6.98. The molecule has 0 atom stereocenters. The summed E-state index contributed by atoms with van der Waals surface area (Å²) in [6.45, 7) is 8.81. The molecule has 0 aliphatic carbocycles. The highest BCUT2D eigenvalue weighted by Gasteiger charge is 2.08. The predicted octanol–water partition coefficient (Wildman–Crippen LogP) is 4.74. The normalized spacial score (nSPS) is 11.8. The summed E-state index contributed by atoms with van der Waals surface area (Å²) in [7, 11) is 0. The van der Waals surface area contributed by atoms with Gasteiger partial charge in [0.1, 0.15) is 0 Å². The third-order valence-electron chi connectivity index (χ3n) is 2.36. The molecule has 0 unspecified atom stereocenters. The van der Waals surface area contributed by atoms with Crippen LogP contribution < -0.4 is 5.32 Å². The van der Waals surface area contributed by atoms with Gasteiger partial charge in [0.05, 0.1) is 0 Å². The van der Waals surface area contributed by atoms with E-state index in [4.69, 9.17) is 0 Å². The molecule has 0 heterocycles. The molecule has 0 bridgehead atoms. The Morgan fingerprint density at radius 2 is 1.81 bits per heavy atom. The second-order valence-electron chi connectivity index (χ2n) is 5.24. The highest BCUT2D eigenvalue weighted by molar-refractivity contribution is 9.13. The van der Waals surface area contributed by atoms with Crippen molar-refractivity contribution in [2.24, 2.45) is 5.41 Å². The Morgan fingerprint density at radius 1 is 1.12 bits per heavy atom. The van der Waals surface area contributed by atoms with Gasteiger partial charge < -0.3 is 5.32 Å². The van der Waals surface area contributed by atoms with E-state index in [0.717, 1.165) is 22.0 Å². The second kappa shape index (κ2) is 6.18. The van der Waals surface area contributed by atoms with Gasteiger partial charge >= 0.3 is 0 Å². The van der Waals surface area contributed by atoms with Crippen molar-refractivity contribution in [1.29, 1.82) is 0 Å². The number of halogens is 2. The van der Waals surface area contributed by atoms with E-state index in [9.17, 15) is 0 Å². The van der Waals surface area contributed by atoms with Gasteiger partial charge in [-0.3, -0.25) is 0 Å². The SMILES string of the molecule is CC(C)(C)CCNCc1ccc(Br)c(Br)c1. The molecule has 1 aromatic carbocycles. The minimum absolute atomic E-state index is 0.410. The van der Waals surface area contributed by atoms with Gasteiger partial charge in [-0.2, -0.15) is 0 Å². The van der Waals surface area contributed by atoms with Crippen LogP contribution in [0.15, 0.2) is 27.1 Å². The molecule has 0 aromatic heterocycles. The molecule has 0 saturated carbocycles. The van der Waals surface area contributed by atoms with Crippen molar-refractivity contribution in [3.63, 3.8) is 0 Å². The number of hydrogen-bond donors (Lipinski definition) is 1. The van der Waals surface area contributed by atoms with Crippen LogP contribution in [-0.4, -0.2) is 6.54 Å².